The van der Waals surface area contributed by atoms with E-state index in [2.05, 4.69) is 0 Å². The number of ketones is 1. The Labute approximate surface area is 182 Å². The SMILES string of the molecule is COc1ccc(-c2cccc3c2CCC3=O)c(OC(C)(C)C(=O)OCC2CC2)c1OC. The Kier molecular flexibility index (Phi) is 5.65. The third-order valence-electron chi connectivity index (χ3n) is 5.86. The third kappa shape index (κ3) is 4.11. The van der Waals surface area contributed by atoms with Crippen LogP contribution in [0.4, 0.5) is 0 Å². The highest BCUT2D eigenvalue weighted by Crippen LogP contribution is 2.47. The van der Waals surface area contributed by atoms with E-state index in [4.69, 9.17) is 18.9 Å². The molecule has 0 spiro atoms. The zero-order valence-electron chi connectivity index (χ0n) is 18.4. The van der Waals surface area contributed by atoms with Crippen molar-refractivity contribution in [3.8, 4) is 28.4 Å². The molecule has 1 saturated carbocycles. The van der Waals surface area contributed by atoms with Gasteiger partial charge in [-0.15, -0.1) is 0 Å². The lowest BCUT2D eigenvalue weighted by Gasteiger charge is -2.28. The Bertz CT molecular complexity index is 1020. The summed E-state index contributed by atoms with van der Waals surface area (Å²) in [6.07, 6.45) is 3.36. The van der Waals surface area contributed by atoms with Crippen molar-refractivity contribution in [1.29, 1.82) is 0 Å². The summed E-state index contributed by atoms with van der Waals surface area (Å²) in [4.78, 5) is 25.0. The molecule has 0 aromatic heterocycles. The van der Waals surface area contributed by atoms with E-state index < -0.39 is 11.6 Å². The van der Waals surface area contributed by atoms with Crippen LogP contribution >= 0.6 is 0 Å². The number of hydrogen-bond donors (Lipinski definition) is 0. The molecule has 0 heterocycles. The maximum absolute atomic E-state index is 12.8. The molecule has 6 nitrogen and oxygen atoms in total. The minimum atomic E-state index is -1.24. The Balaban J connectivity index is 1.77. The summed E-state index contributed by atoms with van der Waals surface area (Å²) in [6, 6.07) is 9.36. The first-order valence-corrected chi connectivity index (χ1v) is 10.6. The molecule has 0 bridgehead atoms. The number of rotatable bonds is 8. The molecule has 2 aliphatic rings. The molecular weight excluding hydrogens is 396 g/mol. The minimum absolute atomic E-state index is 0.142. The van der Waals surface area contributed by atoms with Crippen LogP contribution in [0.2, 0.25) is 0 Å². The van der Waals surface area contributed by atoms with E-state index in [-0.39, 0.29) is 5.78 Å². The van der Waals surface area contributed by atoms with Crippen LogP contribution in [0.3, 0.4) is 0 Å². The number of methoxy groups -OCH3 is 2. The van der Waals surface area contributed by atoms with Gasteiger partial charge >= 0.3 is 5.97 Å². The topological polar surface area (TPSA) is 71.1 Å². The fraction of sp³-hybridized carbons (Fsp3) is 0.440. The highest BCUT2D eigenvalue weighted by atomic mass is 16.6. The van der Waals surface area contributed by atoms with Crippen LogP contribution in [0.1, 0.15) is 49.0 Å². The summed E-state index contributed by atoms with van der Waals surface area (Å²) in [7, 11) is 3.08. The van der Waals surface area contributed by atoms with Gasteiger partial charge in [-0.3, -0.25) is 4.79 Å². The standard InChI is InChI=1S/C25H28O6/c1-25(2,24(27)30-14-15-8-9-15)31-22-19(11-13-21(28-3)23(22)29-4)16-6-5-7-18-17(16)10-12-20(18)26/h5-7,11,13,15H,8-10,12,14H2,1-4H3. The molecule has 31 heavy (non-hydrogen) atoms. The van der Waals surface area contributed by atoms with E-state index in [0.29, 0.717) is 42.6 Å². The second-order valence-electron chi connectivity index (χ2n) is 8.59. The predicted molar refractivity (Wildman–Crippen MR) is 116 cm³/mol. The van der Waals surface area contributed by atoms with E-state index in [1.54, 1.807) is 27.0 Å². The number of esters is 1. The number of carbonyl (C=O) groups is 2. The lowest BCUT2D eigenvalue weighted by Crippen LogP contribution is -2.40. The van der Waals surface area contributed by atoms with Crippen molar-refractivity contribution in [2.24, 2.45) is 5.92 Å². The van der Waals surface area contributed by atoms with Gasteiger partial charge < -0.3 is 18.9 Å². The van der Waals surface area contributed by atoms with Crippen LogP contribution in [0.15, 0.2) is 30.3 Å². The highest BCUT2D eigenvalue weighted by Gasteiger charge is 2.36. The smallest absolute Gasteiger partial charge is 0.349 e. The van der Waals surface area contributed by atoms with Crippen molar-refractivity contribution < 1.29 is 28.5 Å². The van der Waals surface area contributed by atoms with Gasteiger partial charge in [-0.1, -0.05) is 18.2 Å². The molecule has 164 valence electrons. The summed E-state index contributed by atoms with van der Waals surface area (Å²) in [5.41, 5.74) is 2.12. The number of fused-ring (bicyclic) bond motifs is 1. The fourth-order valence-electron chi connectivity index (χ4n) is 3.90. The zero-order valence-corrected chi connectivity index (χ0v) is 18.4. The Hall–Kier alpha value is -3.02. The maximum atomic E-state index is 12.8. The van der Waals surface area contributed by atoms with Crippen molar-refractivity contribution in [1.82, 2.24) is 0 Å². The molecule has 2 aromatic rings. The minimum Gasteiger partial charge on any atom is -0.493 e. The van der Waals surface area contributed by atoms with Crippen molar-refractivity contribution in [3.05, 3.63) is 41.5 Å². The summed E-state index contributed by atoms with van der Waals surface area (Å²) in [5, 5.41) is 0. The van der Waals surface area contributed by atoms with Crippen LogP contribution < -0.4 is 14.2 Å². The summed E-state index contributed by atoms with van der Waals surface area (Å²) < 4.78 is 22.9. The Morgan fingerprint density at radius 3 is 2.39 bits per heavy atom. The van der Waals surface area contributed by atoms with E-state index in [9.17, 15) is 9.59 Å². The molecule has 0 atom stereocenters. The van der Waals surface area contributed by atoms with Crippen molar-refractivity contribution in [2.75, 3.05) is 20.8 Å². The van der Waals surface area contributed by atoms with Gasteiger partial charge in [0.2, 0.25) is 5.75 Å². The molecule has 0 aliphatic heterocycles. The van der Waals surface area contributed by atoms with Gasteiger partial charge in [0.15, 0.2) is 22.9 Å². The molecule has 1 fully saturated rings. The van der Waals surface area contributed by atoms with E-state index in [0.717, 1.165) is 35.1 Å². The zero-order chi connectivity index (χ0) is 22.2. The van der Waals surface area contributed by atoms with Gasteiger partial charge in [-0.2, -0.15) is 0 Å². The molecule has 0 amide bonds. The van der Waals surface area contributed by atoms with Gasteiger partial charge in [-0.05, 0) is 62.3 Å². The number of hydrogen-bond acceptors (Lipinski definition) is 6. The lowest BCUT2D eigenvalue weighted by atomic mass is 9.95. The monoisotopic (exact) mass is 424 g/mol. The number of ether oxygens (including phenoxy) is 4. The first kappa shape index (κ1) is 21.2. The largest absolute Gasteiger partial charge is 0.493 e. The van der Waals surface area contributed by atoms with E-state index in [1.165, 1.54) is 7.11 Å². The van der Waals surface area contributed by atoms with Crippen LogP contribution in [0.5, 0.6) is 17.2 Å². The quantitative estimate of drug-likeness (QED) is 0.577. The second-order valence-corrected chi connectivity index (χ2v) is 8.59. The molecule has 0 saturated heterocycles. The summed E-state index contributed by atoms with van der Waals surface area (Å²) in [5.74, 6) is 1.46. The first-order valence-electron chi connectivity index (χ1n) is 10.6. The molecule has 0 N–H and O–H groups in total. The third-order valence-corrected chi connectivity index (χ3v) is 5.86. The van der Waals surface area contributed by atoms with Gasteiger partial charge in [0, 0.05) is 17.5 Å². The van der Waals surface area contributed by atoms with Crippen molar-refractivity contribution in [3.63, 3.8) is 0 Å². The van der Waals surface area contributed by atoms with Gasteiger partial charge in [0.25, 0.3) is 0 Å². The molecular formula is C25H28O6. The molecule has 2 aromatic carbocycles. The summed E-state index contributed by atoms with van der Waals surface area (Å²) >= 11 is 0. The molecule has 0 unspecified atom stereocenters. The number of Topliss-reactive ketones (excluding diaryl/α,β-unsaturated/α-hetero) is 1. The normalized spacial score (nSPS) is 15.4. The molecule has 0 radical (unpaired) electrons. The highest BCUT2D eigenvalue weighted by molar-refractivity contribution is 6.02. The number of carbonyl (C=O) groups excluding carboxylic acids is 2. The van der Waals surface area contributed by atoms with E-state index in [1.807, 2.05) is 24.3 Å². The van der Waals surface area contributed by atoms with Gasteiger partial charge in [0.05, 0.1) is 20.8 Å². The lowest BCUT2D eigenvalue weighted by molar-refractivity contribution is -0.159. The van der Waals surface area contributed by atoms with Crippen LogP contribution in [0, 0.1) is 5.92 Å². The number of benzene rings is 2. The van der Waals surface area contributed by atoms with Crippen LogP contribution in [0.25, 0.3) is 11.1 Å². The van der Waals surface area contributed by atoms with E-state index >= 15 is 0 Å². The second kappa shape index (κ2) is 8.25. The molecule has 6 heteroatoms. The van der Waals surface area contributed by atoms with Crippen LogP contribution in [-0.2, 0) is 16.0 Å². The maximum Gasteiger partial charge on any atom is 0.349 e. The Morgan fingerprint density at radius 2 is 1.71 bits per heavy atom. The first-order chi connectivity index (χ1) is 14.9. The Morgan fingerprint density at radius 1 is 0.968 bits per heavy atom. The molecule has 4 rings (SSSR count). The average Bonchev–Trinajstić information content (AvgIpc) is 3.52. The predicted octanol–water partition coefficient (Wildman–Crippen LogP) is 4.61. The van der Waals surface area contributed by atoms with Gasteiger partial charge in [-0.25, -0.2) is 4.79 Å². The van der Waals surface area contributed by atoms with Gasteiger partial charge in [0.1, 0.15) is 0 Å². The molecule has 2 aliphatic carbocycles. The van der Waals surface area contributed by atoms with Crippen LogP contribution in [-0.4, -0.2) is 38.2 Å². The van der Waals surface area contributed by atoms with Crippen molar-refractivity contribution >= 4 is 11.8 Å². The van der Waals surface area contributed by atoms with Crippen molar-refractivity contribution in [2.45, 2.75) is 45.1 Å². The average molecular weight is 424 g/mol. The summed E-state index contributed by atoms with van der Waals surface area (Å²) in [6.45, 7) is 3.79. The fourth-order valence-corrected chi connectivity index (χ4v) is 3.90.